The lowest BCUT2D eigenvalue weighted by Gasteiger charge is -2.49. The van der Waals surface area contributed by atoms with Crippen LogP contribution in [0.25, 0.3) is 0 Å². The van der Waals surface area contributed by atoms with Crippen LogP contribution < -0.4 is 0 Å². The van der Waals surface area contributed by atoms with E-state index in [1.54, 1.807) is 7.11 Å². The number of aryl methyl sites for hydroxylation is 1. The zero-order valence-corrected chi connectivity index (χ0v) is 16.3. The van der Waals surface area contributed by atoms with E-state index in [9.17, 15) is 4.79 Å². The van der Waals surface area contributed by atoms with Crippen LogP contribution in [0, 0.1) is 22.7 Å². The molecular formula is C24H32O2. The normalized spacial score (nSPS) is 36.8. The van der Waals surface area contributed by atoms with Crippen molar-refractivity contribution in [3.63, 3.8) is 0 Å². The lowest BCUT2D eigenvalue weighted by atomic mass is 9.53. The molecule has 2 heteroatoms. The summed E-state index contributed by atoms with van der Waals surface area (Å²) in [5.41, 5.74) is 2.13. The van der Waals surface area contributed by atoms with Gasteiger partial charge in [-0.2, -0.15) is 0 Å². The van der Waals surface area contributed by atoms with Crippen molar-refractivity contribution in [2.24, 2.45) is 22.7 Å². The predicted octanol–water partition coefficient (Wildman–Crippen LogP) is 5.37. The number of Topliss-reactive ketones (excluding diaryl/α,β-unsaturated/α-hetero) is 1. The lowest BCUT2D eigenvalue weighted by Crippen LogP contribution is -2.51. The number of fused-ring (bicyclic) bond motifs is 2. The van der Waals surface area contributed by atoms with Gasteiger partial charge in [0.05, 0.1) is 11.5 Å². The van der Waals surface area contributed by atoms with Crippen molar-refractivity contribution >= 4 is 5.78 Å². The highest BCUT2D eigenvalue weighted by Crippen LogP contribution is 2.72. The molecule has 3 aliphatic rings. The minimum Gasteiger partial charge on any atom is -0.380 e. The van der Waals surface area contributed by atoms with Gasteiger partial charge in [-0.25, -0.2) is 0 Å². The van der Waals surface area contributed by atoms with Crippen LogP contribution in [-0.2, 0) is 16.0 Å². The van der Waals surface area contributed by atoms with E-state index in [4.69, 9.17) is 4.74 Å². The molecule has 0 N–H and O–H groups in total. The van der Waals surface area contributed by atoms with E-state index in [0.717, 1.165) is 19.3 Å². The van der Waals surface area contributed by atoms with Gasteiger partial charge in [0.1, 0.15) is 5.78 Å². The highest BCUT2D eigenvalue weighted by atomic mass is 16.5. The second-order valence-corrected chi connectivity index (χ2v) is 8.89. The Morgan fingerprint density at radius 3 is 2.54 bits per heavy atom. The third kappa shape index (κ3) is 2.30. The molecule has 3 fully saturated rings. The summed E-state index contributed by atoms with van der Waals surface area (Å²) in [4.78, 5) is 13.8. The third-order valence-electron chi connectivity index (χ3n) is 8.15. The largest absolute Gasteiger partial charge is 0.380 e. The Kier molecular flexibility index (Phi) is 4.59. The number of carbonyl (C=O) groups excluding carboxylic acids is 1. The van der Waals surface area contributed by atoms with Gasteiger partial charge in [0, 0.05) is 24.9 Å². The number of rotatable bonds is 6. The first-order chi connectivity index (χ1) is 12.6. The van der Waals surface area contributed by atoms with Gasteiger partial charge in [-0.1, -0.05) is 62.2 Å². The summed E-state index contributed by atoms with van der Waals surface area (Å²) in [6, 6.07) is 10.4. The lowest BCUT2D eigenvalue weighted by molar-refractivity contribution is -0.145. The van der Waals surface area contributed by atoms with E-state index in [1.807, 2.05) is 6.07 Å². The summed E-state index contributed by atoms with van der Waals surface area (Å²) in [7, 11) is 1.80. The number of methoxy groups -OCH3 is 1. The summed E-state index contributed by atoms with van der Waals surface area (Å²) in [5, 5.41) is 0. The van der Waals surface area contributed by atoms with Crippen molar-refractivity contribution in [1.82, 2.24) is 0 Å². The van der Waals surface area contributed by atoms with Crippen LogP contribution in [0.5, 0.6) is 0 Å². The molecule has 0 amide bonds. The van der Waals surface area contributed by atoms with Crippen LogP contribution in [0.4, 0.5) is 0 Å². The van der Waals surface area contributed by atoms with Crippen LogP contribution in [0.3, 0.4) is 0 Å². The fourth-order valence-corrected chi connectivity index (χ4v) is 6.81. The van der Waals surface area contributed by atoms with Crippen molar-refractivity contribution < 1.29 is 9.53 Å². The van der Waals surface area contributed by atoms with E-state index in [2.05, 4.69) is 37.8 Å². The van der Waals surface area contributed by atoms with E-state index >= 15 is 0 Å². The fourth-order valence-electron chi connectivity index (χ4n) is 6.81. The van der Waals surface area contributed by atoms with Crippen molar-refractivity contribution in [1.29, 1.82) is 0 Å². The van der Waals surface area contributed by atoms with E-state index in [-0.39, 0.29) is 16.9 Å². The zero-order chi connectivity index (χ0) is 18.4. The first kappa shape index (κ1) is 18.0. The zero-order valence-electron chi connectivity index (χ0n) is 16.3. The Morgan fingerprint density at radius 1 is 1.19 bits per heavy atom. The second kappa shape index (κ2) is 6.64. The van der Waals surface area contributed by atoms with Gasteiger partial charge in [0.25, 0.3) is 0 Å². The molecule has 1 aromatic rings. The van der Waals surface area contributed by atoms with Crippen LogP contribution in [-0.4, -0.2) is 19.0 Å². The first-order valence-electron chi connectivity index (χ1n) is 10.3. The second-order valence-electron chi connectivity index (χ2n) is 8.89. The minimum atomic E-state index is -0.354. The van der Waals surface area contributed by atoms with Crippen molar-refractivity contribution in [3.8, 4) is 0 Å². The molecule has 0 aliphatic heterocycles. The number of benzene rings is 1. The molecule has 0 aromatic heterocycles. The summed E-state index contributed by atoms with van der Waals surface area (Å²) in [6.45, 7) is 6.90. The van der Waals surface area contributed by atoms with Crippen LogP contribution in [0.15, 0.2) is 42.5 Å². The Hall–Kier alpha value is -1.41. The summed E-state index contributed by atoms with van der Waals surface area (Å²) < 4.78 is 6.02. The molecule has 0 heterocycles. The van der Waals surface area contributed by atoms with Crippen molar-refractivity contribution in [3.05, 3.63) is 48.0 Å². The van der Waals surface area contributed by atoms with Gasteiger partial charge in [-0.05, 0) is 43.6 Å². The first-order valence-corrected chi connectivity index (χ1v) is 10.3. The highest BCUT2D eigenvalue weighted by molar-refractivity contribution is 5.89. The maximum absolute atomic E-state index is 13.8. The molecule has 3 aliphatic carbocycles. The van der Waals surface area contributed by atoms with E-state index in [0.29, 0.717) is 24.0 Å². The molecule has 0 saturated heterocycles. The van der Waals surface area contributed by atoms with Gasteiger partial charge < -0.3 is 4.74 Å². The quantitative estimate of drug-likeness (QED) is 0.644. The van der Waals surface area contributed by atoms with Crippen LogP contribution in [0.2, 0.25) is 0 Å². The molecule has 0 unspecified atom stereocenters. The third-order valence-corrected chi connectivity index (χ3v) is 8.15. The molecule has 4 atom stereocenters. The summed E-state index contributed by atoms with van der Waals surface area (Å²) >= 11 is 0. The van der Waals surface area contributed by atoms with E-state index in [1.165, 1.54) is 36.8 Å². The predicted molar refractivity (Wildman–Crippen MR) is 105 cm³/mol. The molecule has 2 nitrogen and oxygen atoms in total. The maximum Gasteiger partial charge on any atom is 0.142 e. The smallest absolute Gasteiger partial charge is 0.142 e. The number of ether oxygens (including phenoxy) is 1. The fraction of sp³-hybridized carbons (Fsp3) is 0.625. The monoisotopic (exact) mass is 352 g/mol. The average molecular weight is 353 g/mol. The SMILES string of the molecule is C=C1[C@H]2CC[C@](C(=O)CCc3ccccc3)([C@@H]2OC)[C@]1(C)C1CCCC1. The van der Waals surface area contributed by atoms with E-state index < -0.39 is 0 Å². The highest BCUT2D eigenvalue weighted by Gasteiger charge is 2.72. The molecule has 2 bridgehead atoms. The molecule has 1 aromatic carbocycles. The molecule has 0 radical (unpaired) electrons. The van der Waals surface area contributed by atoms with Gasteiger partial charge >= 0.3 is 0 Å². The topological polar surface area (TPSA) is 26.3 Å². The van der Waals surface area contributed by atoms with Gasteiger partial charge in [0.2, 0.25) is 0 Å². The number of hydrogen-bond donors (Lipinski definition) is 0. The molecular weight excluding hydrogens is 320 g/mol. The summed E-state index contributed by atoms with van der Waals surface area (Å²) in [5.74, 6) is 1.38. The number of ketones is 1. The Labute approximate surface area is 158 Å². The van der Waals surface area contributed by atoms with Crippen LogP contribution in [0.1, 0.15) is 57.4 Å². The minimum absolute atomic E-state index is 0.0314. The average Bonchev–Trinajstić information content (AvgIpc) is 3.36. The Bertz CT molecular complexity index is 687. The number of carbonyl (C=O) groups is 1. The molecule has 4 rings (SSSR count). The standard InChI is InChI=1S/C24H32O2/c1-17-20-15-16-24(22(20)26-3,23(17,2)19-11-7-8-12-19)21(25)14-13-18-9-5-4-6-10-18/h4-6,9-10,19-20,22H,1,7-8,11-16H2,2-3H3/t20-,22-,23+,24+/m1/s1. The van der Waals surface area contributed by atoms with Crippen molar-refractivity contribution in [2.45, 2.75) is 64.4 Å². The Balaban J connectivity index is 1.66. The van der Waals surface area contributed by atoms with Crippen LogP contribution >= 0.6 is 0 Å². The molecule has 26 heavy (non-hydrogen) atoms. The molecule has 0 spiro atoms. The van der Waals surface area contributed by atoms with Gasteiger partial charge in [0.15, 0.2) is 0 Å². The van der Waals surface area contributed by atoms with Gasteiger partial charge in [-0.3, -0.25) is 4.79 Å². The molecule has 3 saturated carbocycles. The Morgan fingerprint density at radius 2 is 1.88 bits per heavy atom. The van der Waals surface area contributed by atoms with Gasteiger partial charge in [-0.15, -0.1) is 0 Å². The maximum atomic E-state index is 13.8. The number of hydrogen-bond acceptors (Lipinski definition) is 2. The molecule has 140 valence electrons. The van der Waals surface area contributed by atoms with Crippen molar-refractivity contribution in [2.75, 3.05) is 7.11 Å². The summed E-state index contributed by atoms with van der Waals surface area (Å²) in [6.07, 6.45) is 8.60.